The Morgan fingerprint density at radius 2 is 1.83 bits per heavy atom. The lowest BCUT2D eigenvalue weighted by Gasteiger charge is -2.48. The molecule has 2 aliphatic rings. The number of amides is 1. The quantitative estimate of drug-likeness (QED) is 0.784. The summed E-state index contributed by atoms with van der Waals surface area (Å²) in [6, 6.07) is 0.189. The number of carbonyl (C=O) groups is 1. The summed E-state index contributed by atoms with van der Waals surface area (Å²) < 4.78 is 5.33. The highest BCUT2D eigenvalue weighted by atomic mass is 16.6. The number of rotatable bonds is 3. The fourth-order valence-corrected chi connectivity index (χ4v) is 3.64. The van der Waals surface area contributed by atoms with Gasteiger partial charge in [0.1, 0.15) is 5.60 Å². The molecular formula is C18H33N3O2. The van der Waals surface area contributed by atoms with Crippen LogP contribution in [0.2, 0.25) is 0 Å². The summed E-state index contributed by atoms with van der Waals surface area (Å²) in [6.07, 6.45) is 7.96. The molecule has 0 spiro atoms. The van der Waals surface area contributed by atoms with Crippen molar-refractivity contribution in [3.05, 3.63) is 12.7 Å². The third-order valence-electron chi connectivity index (χ3n) is 5.08. The summed E-state index contributed by atoms with van der Waals surface area (Å²) >= 11 is 0. The maximum absolute atomic E-state index is 11.9. The average Bonchev–Trinajstić information content (AvgIpc) is 2.46. The van der Waals surface area contributed by atoms with Crippen molar-refractivity contribution in [2.45, 2.75) is 76.6 Å². The highest BCUT2D eigenvalue weighted by molar-refractivity contribution is 5.68. The number of carbonyl (C=O) groups excluding carboxylic acids is 1. The molecule has 3 N–H and O–H groups in total. The van der Waals surface area contributed by atoms with Gasteiger partial charge in [0, 0.05) is 19.1 Å². The largest absolute Gasteiger partial charge is 0.444 e. The number of allylic oxidation sites excluding steroid dienone is 1. The first-order valence-electron chi connectivity index (χ1n) is 8.88. The monoisotopic (exact) mass is 323 g/mol. The lowest BCUT2D eigenvalue weighted by molar-refractivity contribution is 0.0186. The molecule has 2 fully saturated rings. The predicted octanol–water partition coefficient (Wildman–Crippen LogP) is 3.01. The zero-order chi connectivity index (χ0) is 17.1. The number of likely N-dealkylation sites (tertiary alicyclic amines) is 1. The summed E-state index contributed by atoms with van der Waals surface area (Å²) in [7, 11) is 0. The minimum absolute atomic E-state index is 0.170. The van der Waals surface area contributed by atoms with E-state index in [9.17, 15) is 4.79 Å². The number of hydrogen-bond donors (Lipinski definition) is 2. The SMILES string of the molecule is C=CC1CCC(N)(N2CCC(NC(=O)OC(C)(C)C)CC2)CC1. The van der Waals surface area contributed by atoms with Gasteiger partial charge in [0.15, 0.2) is 0 Å². The summed E-state index contributed by atoms with van der Waals surface area (Å²) in [6.45, 7) is 11.4. The Kier molecular flexibility index (Phi) is 5.74. The second-order valence-electron chi connectivity index (χ2n) is 8.08. The molecule has 1 heterocycles. The predicted molar refractivity (Wildman–Crippen MR) is 93.0 cm³/mol. The second kappa shape index (κ2) is 7.22. The zero-order valence-electron chi connectivity index (χ0n) is 14.9. The van der Waals surface area contributed by atoms with Gasteiger partial charge in [-0.2, -0.15) is 0 Å². The van der Waals surface area contributed by atoms with E-state index in [0.717, 1.165) is 51.6 Å². The van der Waals surface area contributed by atoms with Crippen LogP contribution in [0.1, 0.15) is 59.3 Å². The van der Waals surface area contributed by atoms with Crippen molar-refractivity contribution in [1.29, 1.82) is 0 Å². The number of nitrogens with two attached hydrogens (primary N) is 1. The van der Waals surface area contributed by atoms with Crippen molar-refractivity contribution < 1.29 is 9.53 Å². The van der Waals surface area contributed by atoms with E-state index in [0.29, 0.717) is 5.92 Å². The standard InChI is InChI=1S/C18H33N3O2/c1-5-14-6-10-18(19,11-7-14)21-12-8-15(9-13-21)20-16(22)23-17(2,3)4/h5,14-15H,1,6-13,19H2,2-4H3,(H,20,22). The normalized spacial score (nSPS) is 30.7. The average molecular weight is 323 g/mol. The molecule has 1 aliphatic heterocycles. The molecule has 0 aromatic rings. The molecule has 0 aromatic heterocycles. The Balaban J connectivity index is 1.77. The number of piperidine rings is 1. The van der Waals surface area contributed by atoms with E-state index in [4.69, 9.17) is 10.5 Å². The molecule has 0 aromatic carbocycles. The minimum Gasteiger partial charge on any atom is -0.444 e. The van der Waals surface area contributed by atoms with E-state index in [-0.39, 0.29) is 17.8 Å². The summed E-state index contributed by atoms with van der Waals surface area (Å²) in [5.74, 6) is 0.623. The van der Waals surface area contributed by atoms with E-state index < -0.39 is 5.60 Å². The number of hydrogen-bond acceptors (Lipinski definition) is 4. The van der Waals surface area contributed by atoms with Crippen LogP contribution in [0.15, 0.2) is 12.7 Å². The van der Waals surface area contributed by atoms with Gasteiger partial charge in [-0.1, -0.05) is 6.08 Å². The second-order valence-corrected chi connectivity index (χ2v) is 8.08. The van der Waals surface area contributed by atoms with Crippen LogP contribution in [0.25, 0.3) is 0 Å². The minimum atomic E-state index is -0.449. The van der Waals surface area contributed by atoms with Crippen molar-refractivity contribution in [3.8, 4) is 0 Å². The summed E-state index contributed by atoms with van der Waals surface area (Å²) in [4.78, 5) is 14.3. The Bertz CT molecular complexity index is 414. The van der Waals surface area contributed by atoms with Gasteiger partial charge in [0.05, 0.1) is 5.66 Å². The molecule has 2 rings (SSSR count). The lowest BCUT2D eigenvalue weighted by Crippen LogP contribution is -2.61. The van der Waals surface area contributed by atoms with Gasteiger partial charge >= 0.3 is 6.09 Å². The Hall–Kier alpha value is -1.07. The van der Waals surface area contributed by atoms with Gasteiger partial charge in [-0.3, -0.25) is 4.90 Å². The highest BCUT2D eigenvalue weighted by Gasteiger charge is 2.38. The van der Waals surface area contributed by atoms with Gasteiger partial charge in [-0.15, -0.1) is 6.58 Å². The first-order valence-corrected chi connectivity index (χ1v) is 8.88. The molecule has 5 heteroatoms. The first-order chi connectivity index (χ1) is 10.7. The molecule has 0 atom stereocenters. The maximum Gasteiger partial charge on any atom is 0.407 e. The molecule has 1 aliphatic carbocycles. The topological polar surface area (TPSA) is 67.6 Å². The van der Waals surface area contributed by atoms with Gasteiger partial charge in [-0.25, -0.2) is 4.79 Å². The molecule has 5 nitrogen and oxygen atoms in total. The maximum atomic E-state index is 11.9. The third-order valence-corrected chi connectivity index (χ3v) is 5.08. The molecule has 1 saturated carbocycles. The number of ether oxygens (including phenoxy) is 1. The fraction of sp³-hybridized carbons (Fsp3) is 0.833. The van der Waals surface area contributed by atoms with Crippen LogP contribution in [0, 0.1) is 5.92 Å². The van der Waals surface area contributed by atoms with Crippen LogP contribution in [-0.2, 0) is 4.74 Å². The van der Waals surface area contributed by atoms with Crippen LogP contribution in [0.4, 0.5) is 4.79 Å². The number of alkyl carbamates (subject to hydrolysis) is 1. The van der Waals surface area contributed by atoms with Gasteiger partial charge < -0.3 is 15.8 Å². The van der Waals surface area contributed by atoms with Crippen LogP contribution < -0.4 is 11.1 Å². The summed E-state index contributed by atoms with van der Waals surface area (Å²) in [5.41, 5.74) is 6.04. The summed E-state index contributed by atoms with van der Waals surface area (Å²) in [5, 5.41) is 2.99. The van der Waals surface area contributed by atoms with Crippen LogP contribution >= 0.6 is 0 Å². The number of nitrogens with zero attached hydrogens (tertiary/aromatic N) is 1. The van der Waals surface area contributed by atoms with Crippen molar-refractivity contribution in [1.82, 2.24) is 10.2 Å². The zero-order valence-corrected chi connectivity index (χ0v) is 14.9. The van der Waals surface area contributed by atoms with E-state index in [2.05, 4.69) is 22.9 Å². The van der Waals surface area contributed by atoms with E-state index in [1.165, 1.54) is 0 Å². The van der Waals surface area contributed by atoms with Gasteiger partial charge in [0.2, 0.25) is 0 Å². The molecular weight excluding hydrogens is 290 g/mol. The lowest BCUT2D eigenvalue weighted by atomic mass is 9.80. The number of nitrogens with one attached hydrogen (secondary N) is 1. The van der Waals surface area contributed by atoms with Crippen LogP contribution in [0.3, 0.4) is 0 Å². The van der Waals surface area contributed by atoms with Crippen molar-refractivity contribution in [2.24, 2.45) is 11.7 Å². The van der Waals surface area contributed by atoms with Crippen molar-refractivity contribution in [2.75, 3.05) is 13.1 Å². The van der Waals surface area contributed by atoms with E-state index in [1.807, 2.05) is 20.8 Å². The Morgan fingerprint density at radius 3 is 2.30 bits per heavy atom. The molecule has 0 unspecified atom stereocenters. The Morgan fingerprint density at radius 1 is 1.26 bits per heavy atom. The molecule has 1 amide bonds. The third kappa shape index (κ3) is 5.21. The molecule has 0 bridgehead atoms. The molecule has 0 radical (unpaired) electrons. The first kappa shape index (κ1) is 18.3. The van der Waals surface area contributed by atoms with Crippen molar-refractivity contribution in [3.63, 3.8) is 0 Å². The van der Waals surface area contributed by atoms with E-state index in [1.54, 1.807) is 0 Å². The van der Waals surface area contributed by atoms with E-state index >= 15 is 0 Å². The van der Waals surface area contributed by atoms with Gasteiger partial charge in [-0.05, 0) is 65.2 Å². The molecule has 132 valence electrons. The van der Waals surface area contributed by atoms with Gasteiger partial charge in [0.25, 0.3) is 0 Å². The molecule has 23 heavy (non-hydrogen) atoms. The van der Waals surface area contributed by atoms with Crippen molar-refractivity contribution >= 4 is 6.09 Å². The Labute approximate surface area is 140 Å². The van der Waals surface area contributed by atoms with Crippen LogP contribution in [-0.4, -0.2) is 41.4 Å². The fourth-order valence-electron chi connectivity index (χ4n) is 3.64. The molecule has 1 saturated heterocycles. The highest BCUT2D eigenvalue weighted by Crippen LogP contribution is 2.34. The van der Waals surface area contributed by atoms with Crippen LogP contribution in [0.5, 0.6) is 0 Å². The smallest absolute Gasteiger partial charge is 0.407 e.